The number of nitrogens with one attached hydrogen (secondary N) is 1. The van der Waals surface area contributed by atoms with Gasteiger partial charge in [-0.2, -0.15) is 0 Å². The summed E-state index contributed by atoms with van der Waals surface area (Å²) in [4.78, 5) is 34.9. The Morgan fingerprint density at radius 1 is 1.21 bits per heavy atom. The lowest BCUT2D eigenvalue weighted by molar-refractivity contribution is -0.385. The maximum atomic E-state index is 12.6. The lowest BCUT2D eigenvalue weighted by Gasteiger charge is -2.16. The molecule has 0 saturated heterocycles. The number of ether oxygens (including phenoxy) is 2. The predicted octanol–water partition coefficient (Wildman–Crippen LogP) is 2.43. The summed E-state index contributed by atoms with van der Waals surface area (Å²) in [6, 6.07) is 9.73. The van der Waals surface area contributed by atoms with Crippen LogP contribution in [0.25, 0.3) is 0 Å². The van der Waals surface area contributed by atoms with Gasteiger partial charge in [0.05, 0.1) is 24.7 Å². The molecule has 0 fully saturated rings. The first-order chi connectivity index (χ1) is 13.4. The number of nitro benzene ring substituents is 1. The number of hydrogen-bond acceptors (Lipinski definition) is 6. The monoisotopic (exact) mass is 388 g/mol. The molecule has 1 unspecified atom stereocenters. The summed E-state index contributed by atoms with van der Waals surface area (Å²) in [7, 11) is 1.33. The Morgan fingerprint density at radius 3 is 2.43 bits per heavy atom. The third-order valence-electron chi connectivity index (χ3n) is 3.91. The standard InChI is InChI=1S/C19H20N2O7/c1-3-28-17-11-15(21(25)26)13(10-16(17)27-2)18(22)20-14(19(23)24)9-12-7-5-4-6-8-12/h4-8,10-11,14H,3,9H2,1-2H3,(H,20,22)(H,23,24). The third kappa shape index (κ3) is 4.97. The Kier molecular flexibility index (Phi) is 6.91. The minimum atomic E-state index is -1.26. The van der Waals surface area contributed by atoms with E-state index in [-0.39, 0.29) is 30.1 Å². The second kappa shape index (κ2) is 9.36. The highest BCUT2D eigenvalue weighted by Gasteiger charge is 2.28. The summed E-state index contributed by atoms with van der Waals surface area (Å²) in [6.45, 7) is 1.95. The van der Waals surface area contributed by atoms with Crippen molar-refractivity contribution in [2.75, 3.05) is 13.7 Å². The fraction of sp³-hybridized carbons (Fsp3) is 0.263. The van der Waals surface area contributed by atoms with E-state index in [0.717, 1.165) is 6.07 Å². The topological polar surface area (TPSA) is 128 Å². The van der Waals surface area contributed by atoms with Gasteiger partial charge in [-0.25, -0.2) is 4.79 Å². The lowest BCUT2D eigenvalue weighted by atomic mass is 10.0. The van der Waals surface area contributed by atoms with Gasteiger partial charge in [0.1, 0.15) is 11.6 Å². The number of aliphatic carboxylic acids is 1. The number of carboxylic acid groups (broad SMARTS) is 1. The number of nitro groups is 1. The van der Waals surface area contributed by atoms with E-state index in [9.17, 15) is 24.8 Å². The van der Waals surface area contributed by atoms with E-state index in [2.05, 4.69) is 5.32 Å². The third-order valence-corrected chi connectivity index (χ3v) is 3.91. The highest BCUT2D eigenvalue weighted by Crippen LogP contribution is 2.34. The quantitative estimate of drug-likeness (QED) is 0.499. The van der Waals surface area contributed by atoms with Gasteiger partial charge < -0.3 is 19.9 Å². The van der Waals surface area contributed by atoms with Crippen LogP contribution in [0.4, 0.5) is 5.69 Å². The molecule has 2 N–H and O–H groups in total. The molecule has 0 aliphatic rings. The number of hydrogen-bond donors (Lipinski definition) is 2. The van der Waals surface area contributed by atoms with E-state index in [4.69, 9.17) is 9.47 Å². The molecule has 2 aromatic rings. The molecule has 0 spiro atoms. The van der Waals surface area contributed by atoms with Crippen molar-refractivity contribution in [2.24, 2.45) is 0 Å². The lowest BCUT2D eigenvalue weighted by Crippen LogP contribution is -2.42. The molecule has 1 atom stereocenters. The Balaban J connectivity index is 2.35. The van der Waals surface area contributed by atoms with Gasteiger partial charge in [0, 0.05) is 12.5 Å². The Labute approximate surface area is 161 Å². The van der Waals surface area contributed by atoms with Crippen LogP contribution in [0.15, 0.2) is 42.5 Å². The zero-order chi connectivity index (χ0) is 20.7. The number of nitrogens with zero attached hydrogens (tertiary/aromatic N) is 1. The van der Waals surface area contributed by atoms with Crippen molar-refractivity contribution < 1.29 is 29.1 Å². The van der Waals surface area contributed by atoms with Gasteiger partial charge in [-0.3, -0.25) is 14.9 Å². The number of amides is 1. The normalized spacial score (nSPS) is 11.4. The van der Waals surface area contributed by atoms with E-state index >= 15 is 0 Å². The van der Waals surface area contributed by atoms with Gasteiger partial charge in [-0.1, -0.05) is 30.3 Å². The Morgan fingerprint density at radius 2 is 1.89 bits per heavy atom. The van der Waals surface area contributed by atoms with E-state index in [1.54, 1.807) is 37.3 Å². The SMILES string of the molecule is CCOc1cc([N+](=O)[O-])c(C(=O)NC(Cc2ccccc2)C(=O)O)cc1OC. The second-order valence-corrected chi connectivity index (χ2v) is 5.76. The number of rotatable bonds is 9. The first-order valence-corrected chi connectivity index (χ1v) is 8.44. The van der Waals surface area contributed by atoms with Crippen LogP contribution in [-0.2, 0) is 11.2 Å². The molecule has 0 aromatic heterocycles. The zero-order valence-corrected chi connectivity index (χ0v) is 15.4. The summed E-state index contributed by atoms with van der Waals surface area (Å²) in [5.41, 5.74) is -0.121. The van der Waals surface area contributed by atoms with Gasteiger partial charge in [-0.05, 0) is 12.5 Å². The summed E-state index contributed by atoms with van der Waals surface area (Å²) in [6.07, 6.45) is 0.0316. The first kappa shape index (κ1) is 20.7. The molecule has 28 heavy (non-hydrogen) atoms. The average Bonchev–Trinajstić information content (AvgIpc) is 2.67. The molecule has 0 bridgehead atoms. The van der Waals surface area contributed by atoms with Crippen LogP contribution in [0.1, 0.15) is 22.8 Å². The summed E-state index contributed by atoms with van der Waals surface area (Å²) >= 11 is 0. The number of carbonyl (C=O) groups excluding carboxylic acids is 1. The summed E-state index contributed by atoms with van der Waals surface area (Å²) < 4.78 is 10.4. The van der Waals surface area contributed by atoms with Gasteiger partial charge >= 0.3 is 5.97 Å². The molecule has 9 nitrogen and oxygen atoms in total. The van der Waals surface area contributed by atoms with Crippen LogP contribution in [-0.4, -0.2) is 41.7 Å². The van der Waals surface area contributed by atoms with Crippen molar-refractivity contribution in [1.29, 1.82) is 0 Å². The second-order valence-electron chi connectivity index (χ2n) is 5.76. The molecular formula is C19H20N2O7. The molecule has 0 aliphatic heterocycles. The summed E-state index contributed by atoms with van der Waals surface area (Å²) in [5.74, 6) is -1.89. The maximum Gasteiger partial charge on any atom is 0.326 e. The fourth-order valence-electron chi connectivity index (χ4n) is 2.60. The van der Waals surface area contributed by atoms with Crippen molar-refractivity contribution in [3.05, 3.63) is 63.7 Å². The van der Waals surface area contributed by atoms with Crippen LogP contribution in [0.3, 0.4) is 0 Å². The van der Waals surface area contributed by atoms with Gasteiger partial charge in [0.15, 0.2) is 11.5 Å². The minimum absolute atomic E-state index is 0.0316. The Hall–Kier alpha value is -3.62. The fourth-order valence-corrected chi connectivity index (χ4v) is 2.60. The van der Waals surface area contributed by atoms with Crippen molar-refractivity contribution >= 4 is 17.6 Å². The van der Waals surface area contributed by atoms with Crippen molar-refractivity contribution in [3.63, 3.8) is 0 Å². The molecule has 2 aromatic carbocycles. The number of carbonyl (C=O) groups is 2. The van der Waals surface area contributed by atoms with Crippen LogP contribution in [0.5, 0.6) is 11.5 Å². The Bertz CT molecular complexity index is 868. The molecule has 9 heteroatoms. The summed E-state index contributed by atoms with van der Waals surface area (Å²) in [5, 5.41) is 23.2. The maximum absolute atomic E-state index is 12.6. The first-order valence-electron chi connectivity index (χ1n) is 8.44. The molecule has 2 rings (SSSR count). The number of carboxylic acids is 1. The molecule has 0 heterocycles. The predicted molar refractivity (Wildman–Crippen MR) is 99.9 cm³/mol. The largest absolute Gasteiger partial charge is 0.493 e. The van der Waals surface area contributed by atoms with Crippen LogP contribution in [0.2, 0.25) is 0 Å². The van der Waals surface area contributed by atoms with Gasteiger partial charge in [0.25, 0.3) is 11.6 Å². The molecule has 0 aliphatic carbocycles. The number of methoxy groups -OCH3 is 1. The smallest absolute Gasteiger partial charge is 0.326 e. The van der Waals surface area contributed by atoms with Crippen molar-refractivity contribution in [1.82, 2.24) is 5.32 Å². The van der Waals surface area contributed by atoms with Gasteiger partial charge in [-0.15, -0.1) is 0 Å². The minimum Gasteiger partial charge on any atom is -0.493 e. The van der Waals surface area contributed by atoms with E-state index in [0.29, 0.717) is 5.56 Å². The van der Waals surface area contributed by atoms with Crippen molar-refractivity contribution in [3.8, 4) is 11.5 Å². The van der Waals surface area contributed by atoms with E-state index < -0.39 is 28.5 Å². The molecule has 1 amide bonds. The van der Waals surface area contributed by atoms with Crippen LogP contribution >= 0.6 is 0 Å². The van der Waals surface area contributed by atoms with Crippen molar-refractivity contribution in [2.45, 2.75) is 19.4 Å². The molecule has 148 valence electrons. The van der Waals surface area contributed by atoms with Crippen LogP contribution in [0, 0.1) is 10.1 Å². The van der Waals surface area contributed by atoms with Gasteiger partial charge in [0.2, 0.25) is 0 Å². The average molecular weight is 388 g/mol. The molecule has 0 radical (unpaired) electrons. The number of benzene rings is 2. The van der Waals surface area contributed by atoms with E-state index in [1.807, 2.05) is 0 Å². The highest BCUT2D eigenvalue weighted by molar-refractivity contribution is 6.00. The highest BCUT2D eigenvalue weighted by atomic mass is 16.6. The zero-order valence-electron chi connectivity index (χ0n) is 15.4. The molecule has 0 saturated carbocycles. The molecular weight excluding hydrogens is 368 g/mol. The van der Waals surface area contributed by atoms with Crippen LogP contribution < -0.4 is 14.8 Å². The van der Waals surface area contributed by atoms with E-state index in [1.165, 1.54) is 13.2 Å².